The van der Waals surface area contributed by atoms with E-state index in [1.807, 2.05) is 37.2 Å². The maximum absolute atomic E-state index is 14.9. The molecule has 0 fully saturated rings. The van der Waals surface area contributed by atoms with Gasteiger partial charge in [0, 0.05) is 50.1 Å². The normalized spacial score (nSPS) is 10.6. The van der Waals surface area contributed by atoms with Gasteiger partial charge in [0.05, 0.1) is 34.2 Å². The number of carbonyl (C=O) groups is 1. The molecule has 4 aromatic carbocycles. The lowest BCUT2D eigenvalue weighted by Crippen LogP contribution is -2.15. The number of benzene rings is 4. The molecule has 4 aromatic rings. The van der Waals surface area contributed by atoms with Crippen LogP contribution in [0.3, 0.4) is 0 Å². The van der Waals surface area contributed by atoms with E-state index in [-0.39, 0.29) is 11.4 Å². The van der Waals surface area contributed by atoms with Gasteiger partial charge in [0.25, 0.3) is 5.69 Å². The minimum absolute atomic E-state index is 0.156. The number of hydrazine groups is 2. The van der Waals surface area contributed by atoms with Crippen LogP contribution < -0.4 is 36.1 Å². The number of non-ortho nitro benzene ring substituents is 1. The van der Waals surface area contributed by atoms with E-state index in [1.165, 1.54) is 36.4 Å². The van der Waals surface area contributed by atoms with Crippen LogP contribution in [0.25, 0.3) is 0 Å². The standard InChI is InChI=1S/C32H33F3N6O5/c1-4-5-6-15-45-30-17-23(40(2)3)12-14-29(30)38-37-21-9-13-25(26(33)16-21)32(42)46-24-18-27(34)31(28(35)19-24)39-36-20-7-10-22(11-8-20)41(43)44/h7-14,16-19,36-39H,4-6,15H2,1-3H3. The Balaban J connectivity index is 1.38. The maximum Gasteiger partial charge on any atom is 0.346 e. The SMILES string of the molecule is CCCCCOc1cc(N(C)C)ccc1NNc1ccc(C(=O)Oc2cc(F)c(NNc3ccc([N+](=O)[O-])cc3)c(F)c2)c(F)c1. The molecule has 0 saturated heterocycles. The summed E-state index contributed by atoms with van der Waals surface area (Å²) in [5, 5.41) is 10.8. The fraction of sp³-hybridized carbons (Fsp3) is 0.219. The summed E-state index contributed by atoms with van der Waals surface area (Å²) in [6.07, 6.45) is 3.00. The largest absolute Gasteiger partial charge is 0.491 e. The van der Waals surface area contributed by atoms with Crippen molar-refractivity contribution in [2.45, 2.75) is 26.2 Å². The van der Waals surface area contributed by atoms with Crippen molar-refractivity contribution in [3.05, 3.63) is 106 Å². The smallest absolute Gasteiger partial charge is 0.346 e. The fourth-order valence-electron chi connectivity index (χ4n) is 4.14. The first-order valence-corrected chi connectivity index (χ1v) is 14.3. The van der Waals surface area contributed by atoms with Gasteiger partial charge in [-0.3, -0.25) is 21.0 Å². The number of ether oxygens (including phenoxy) is 2. The zero-order chi connectivity index (χ0) is 33.2. The van der Waals surface area contributed by atoms with Crippen LogP contribution in [-0.2, 0) is 0 Å². The van der Waals surface area contributed by atoms with Gasteiger partial charge >= 0.3 is 5.97 Å². The van der Waals surface area contributed by atoms with E-state index < -0.39 is 45.3 Å². The Hall–Kier alpha value is -5.66. The second kappa shape index (κ2) is 15.4. The molecule has 0 aliphatic rings. The maximum atomic E-state index is 14.9. The molecule has 46 heavy (non-hydrogen) atoms. The number of nitrogens with zero attached hydrogens (tertiary/aromatic N) is 2. The minimum atomic E-state index is -1.16. The quantitative estimate of drug-likeness (QED) is 0.0337. The average molecular weight is 639 g/mol. The zero-order valence-corrected chi connectivity index (χ0v) is 25.3. The second-order valence-electron chi connectivity index (χ2n) is 10.3. The van der Waals surface area contributed by atoms with Crippen molar-refractivity contribution in [2.75, 3.05) is 47.3 Å². The molecule has 0 radical (unpaired) electrons. The van der Waals surface area contributed by atoms with E-state index in [0.29, 0.717) is 23.7 Å². The molecule has 0 spiro atoms. The van der Waals surface area contributed by atoms with Crippen molar-refractivity contribution in [1.82, 2.24) is 0 Å². The molecular weight excluding hydrogens is 605 g/mol. The molecule has 0 aliphatic carbocycles. The Bertz CT molecular complexity index is 1660. The number of esters is 1. The number of carbonyl (C=O) groups excluding carboxylic acids is 1. The summed E-state index contributed by atoms with van der Waals surface area (Å²) >= 11 is 0. The van der Waals surface area contributed by atoms with Gasteiger partial charge < -0.3 is 25.2 Å². The van der Waals surface area contributed by atoms with Crippen molar-refractivity contribution < 1.29 is 32.4 Å². The molecule has 0 unspecified atom stereocenters. The number of anilines is 5. The first-order valence-electron chi connectivity index (χ1n) is 14.3. The molecule has 0 aromatic heterocycles. The third kappa shape index (κ3) is 8.71. The lowest BCUT2D eigenvalue weighted by Gasteiger charge is -2.19. The third-order valence-corrected chi connectivity index (χ3v) is 6.65. The van der Waals surface area contributed by atoms with Crippen molar-refractivity contribution in [3.63, 3.8) is 0 Å². The summed E-state index contributed by atoms with van der Waals surface area (Å²) in [6.45, 7) is 2.65. The van der Waals surface area contributed by atoms with Crippen LogP contribution in [0.15, 0.2) is 72.8 Å². The van der Waals surface area contributed by atoms with Crippen LogP contribution in [0.2, 0.25) is 0 Å². The number of nitrogens with one attached hydrogen (secondary N) is 4. The zero-order valence-electron chi connectivity index (χ0n) is 25.3. The van der Waals surface area contributed by atoms with E-state index in [9.17, 15) is 28.1 Å². The molecule has 4 N–H and O–H groups in total. The molecular formula is C32H33F3N6O5. The Labute approximate surface area is 263 Å². The summed E-state index contributed by atoms with van der Waals surface area (Å²) in [4.78, 5) is 24.8. The highest BCUT2D eigenvalue weighted by Gasteiger charge is 2.19. The highest BCUT2D eigenvalue weighted by atomic mass is 19.1. The van der Waals surface area contributed by atoms with Gasteiger partial charge in [-0.25, -0.2) is 18.0 Å². The highest BCUT2D eigenvalue weighted by Crippen LogP contribution is 2.31. The first-order chi connectivity index (χ1) is 22.0. The molecule has 0 atom stereocenters. The van der Waals surface area contributed by atoms with Crippen LogP contribution in [0.1, 0.15) is 36.5 Å². The monoisotopic (exact) mass is 638 g/mol. The Morgan fingerprint density at radius 2 is 1.50 bits per heavy atom. The second-order valence-corrected chi connectivity index (χ2v) is 10.3. The van der Waals surface area contributed by atoms with Crippen LogP contribution in [0.5, 0.6) is 11.5 Å². The Kier molecular flexibility index (Phi) is 11.1. The minimum Gasteiger partial charge on any atom is -0.491 e. The number of rotatable bonds is 15. The number of halogens is 3. The summed E-state index contributed by atoms with van der Waals surface area (Å²) in [7, 11) is 3.83. The van der Waals surface area contributed by atoms with Crippen molar-refractivity contribution in [1.29, 1.82) is 0 Å². The number of nitro groups is 1. The van der Waals surface area contributed by atoms with E-state index >= 15 is 0 Å². The van der Waals surface area contributed by atoms with Crippen LogP contribution >= 0.6 is 0 Å². The molecule has 0 amide bonds. The van der Waals surface area contributed by atoms with E-state index in [4.69, 9.17) is 9.47 Å². The van der Waals surface area contributed by atoms with Crippen LogP contribution in [-0.4, -0.2) is 31.6 Å². The van der Waals surface area contributed by atoms with Gasteiger partial charge in [-0.1, -0.05) is 19.8 Å². The molecule has 0 saturated carbocycles. The molecule has 14 heteroatoms. The number of hydrogen-bond acceptors (Lipinski definition) is 10. The van der Waals surface area contributed by atoms with Crippen LogP contribution in [0, 0.1) is 27.6 Å². The van der Waals surface area contributed by atoms with Gasteiger partial charge in [-0.05, 0) is 48.9 Å². The average Bonchev–Trinajstić information content (AvgIpc) is 3.02. The third-order valence-electron chi connectivity index (χ3n) is 6.65. The summed E-state index contributed by atoms with van der Waals surface area (Å²) in [6, 6.07) is 15.9. The molecule has 11 nitrogen and oxygen atoms in total. The van der Waals surface area contributed by atoms with Gasteiger partial charge in [-0.2, -0.15) is 0 Å². The van der Waals surface area contributed by atoms with Gasteiger partial charge in [-0.15, -0.1) is 0 Å². The first kappa shape index (κ1) is 33.2. The Morgan fingerprint density at radius 1 is 0.826 bits per heavy atom. The lowest BCUT2D eigenvalue weighted by atomic mass is 10.2. The summed E-state index contributed by atoms with van der Waals surface area (Å²) in [5.41, 5.74) is 11.7. The number of hydrogen-bond donors (Lipinski definition) is 4. The molecule has 4 rings (SSSR count). The van der Waals surface area contributed by atoms with Gasteiger partial charge in [0.2, 0.25) is 0 Å². The van der Waals surface area contributed by atoms with Gasteiger partial charge in [0.1, 0.15) is 23.0 Å². The topological polar surface area (TPSA) is 130 Å². The lowest BCUT2D eigenvalue weighted by molar-refractivity contribution is -0.384. The van der Waals surface area contributed by atoms with Crippen molar-refractivity contribution in [2.24, 2.45) is 0 Å². The predicted molar refractivity (Wildman–Crippen MR) is 171 cm³/mol. The van der Waals surface area contributed by atoms with Crippen LogP contribution in [0.4, 0.5) is 47.3 Å². The molecule has 242 valence electrons. The van der Waals surface area contributed by atoms with Gasteiger partial charge in [0.15, 0.2) is 11.6 Å². The van der Waals surface area contributed by atoms with Crippen molar-refractivity contribution >= 4 is 40.1 Å². The molecule has 0 aliphatic heterocycles. The van der Waals surface area contributed by atoms with E-state index in [2.05, 4.69) is 28.6 Å². The molecule has 0 heterocycles. The van der Waals surface area contributed by atoms with Crippen molar-refractivity contribution in [3.8, 4) is 11.5 Å². The predicted octanol–water partition coefficient (Wildman–Crippen LogP) is 7.74. The van der Waals surface area contributed by atoms with E-state index in [1.54, 1.807) is 0 Å². The Morgan fingerprint density at radius 3 is 2.13 bits per heavy atom. The fourth-order valence-corrected chi connectivity index (χ4v) is 4.14. The summed E-state index contributed by atoms with van der Waals surface area (Å²) < 4.78 is 55.3. The number of nitro benzene ring substituents is 1. The van der Waals surface area contributed by atoms with E-state index in [0.717, 1.165) is 43.1 Å². The number of unbranched alkanes of at least 4 members (excludes halogenated alkanes) is 2. The summed E-state index contributed by atoms with van der Waals surface area (Å²) in [5.74, 6) is -4.20. The highest BCUT2D eigenvalue weighted by molar-refractivity contribution is 5.92. The molecule has 0 bridgehead atoms.